The van der Waals surface area contributed by atoms with Crippen molar-refractivity contribution in [1.29, 1.82) is 0 Å². The molecule has 0 atom stereocenters. The second-order valence-corrected chi connectivity index (χ2v) is 6.13. The first-order valence-electron chi connectivity index (χ1n) is 6.98. The van der Waals surface area contributed by atoms with E-state index in [4.69, 9.17) is 0 Å². The Hall–Kier alpha value is -0.910. The number of aliphatic imine (C=N–C) groups is 1. The topological polar surface area (TPSA) is 49.3 Å². The summed E-state index contributed by atoms with van der Waals surface area (Å²) in [6, 6.07) is 4.26. The lowest BCUT2D eigenvalue weighted by atomic mass is 9.98. The molecule has 4 nitrogen and oxygen atoms in total. The van der Waals surface area contributed by atoms with Crippen LogP contribution in [0.5, 0.6) is 0 Å². The lowest BCUT2D eigenvalue weighted by Gasteiger charge is -2.22. The molecule has 0 radical (unpaired) electrons. The summed E-state index contributed by atoms with van der Waals surface area (Å²) in [6.07, 6.45) is 4.50. The van der Waals surface area contributed by atoms with E-state index in [1.807, 2.05) is 6.21 Å². The zero-order valence-corrected chi connectivity index (χ0v) is 11.9. The van der Waals surface area contributed by atoms with Gasteiger partial charge >= 0.3 is 0 Å². The predicted molar refractivity (Wildman–Crippen MR) is 80.4 cm³/mol. The second kappa shape index (κ2) is 6.50. The van der Waals surface area contributed by atoms with Crippen molar-refractivity contribution in [3.8, 4) is 0 Å². The monoisotopic (exact) mass is 276 g/mol. The Balaban J connectivity index is 1.51. The molecule has 0 spiro atoms. The average molecular weight is 276 g/mol. The van der Waals surface area contributed by atoms with Crippen LogP contribution in [-0.2, 0) is 6.54 Å². The zero-order chi connectivity index (χ0) is 12.9. The number of aromatic nitrogens is 1. The molecule has 0 aliphatic carbocycles. The summed E-state index contributed by atoms with van der Waals surface area (Å²) in [5, 5.41) is 6.93. The van der Waals surface area contributed by atoms with Gasteiger partial charge in [-0.1, -0.05) is 0 Å². The van der Waals surface area contributed by atoms with E-state index in [2.05, 4.69) is 32.7 Å². The van der Waals surface area contributed by atoms with Gasteiger partial charge < -0.3 is 10.6 Å². The molecule has 3 heterocycles. The Morgan fingerprint density at radius 1 is 1.32 bits per heavy atom. The molecule has 0 saturated carbocycles. The third kappa shape index (κ3) is 3.55. The van der Waals surface area contributed by atoms with E-state index in [0.29, 0.717) is 0 Å². The minimum Gasteiger partial charge on any atom is -0.317 e. The van der Waals surface area contributed by atoms with Crippen LogP contribution in [-0.4, -0.2) is 36.6 Å². The van der Waals surface area contributed by atoms with Crippen molar-refractivity contribution >= 4 is 23.8 Å². The highest BCUT2D eigenvalue weighted by atomic mass is 32.2. The summed E-state index contributed by atoms with van der Waals surface area (Å²) < 4.78 is 0. The fourth-order valence-corrected chi connectivity index (χ4v) is 3.24. The van der Waals surface area contributed by atoms with E-state index in [1.165, 1.54) is 17.7 Å². The molecule has 2 aliphatic rings. The predicted octanol–water partition coefficient (Wildman–Crippen LogP) is 1.98. The van der Waals surface area contributed by atoms with Gasteiger partial charge in [-0.05, 0) is 50.5 Å². The van der Waals surface area contributed by atoms with Gasteiger partial charge in [0.1, 0.15) is 0 Å². The van der Waals surface area contributed by atoms with Gasteiger partial charge in [-0.2, -0.15) is 0 Å². The van der Waals surface area contributed by atoms with Crippen molar-refractivity contribution in [2.24, 2.45) is 10.9 Å². The van der Waals surface area contributed by atoms with Crippen molar-refractivity contribution in [3.63, 3.8) is 0 Å². The smallest absolute Gasteiger partial charge is 0.165 e. The van der Waals surface area contributed by atoms with Crippen LogP contribution in [0.1, 0.15) is 18.5 Å². The molecule has 19 heavy (non-hydrogen) atoms. The Labute approximate surface area is 118 Å². The van der Waals surface area contributed by atoms with E-state index in [0.717, 1.165) is 49.4 Å². The van der Waals surface area contributed by atoms with Crippen molar-refractivity contribution in [3.05, 3.63) is 17.8 Å². The Morgan fingerprint density at radius 2 is 2.21 bits per heavy atom. The quantitative estimate of drug-likeness (QED) is 0.883. The van der Waals surface area contributed by atoms with Crippen LogP contribution in [0.4, 0.5) is 5.82 Å². The largest absolute Gasteiger partial charge is 0.317 e. The minimum absolute atomic E-state index is 0.812. The van der Waals surface area contributed by atoms with Gasteiger partial charge in [0.2, 0.25) is 0 Å². The highest BCUT2D eigenvalue weighted by molar-refractivity contribution is 8.00. The Bertz CT molecular complexity index is 455. The van der Waals surface area contributed by atoms with Crippen molar-refractivity contribution in [2.75, 3.05) is 25.4 Å². The molecule has 0 bridgehead atoms. The molecule has 0 unspecified atom stereocenters. The number of nitrogens with zero attached hydrogens (tertiary/aromatic N) is 2. The van der Waals surface area contributed by atoms with Crippen molar-refractivity contribution in [1.82, 2.24) is 15.6 Å². The fraction of sp³-hybridized carbons (Fsp3) is 0.571. The van der Waals surface area contributed by atoms with Crippen LogP contribution in [0.25, 0.3) is 0 Å². The summed E-state index contributed by atoms with van der Waals surface area (Å²) >= 11 is 1.80. The molecular weight excluding hydrogens is 256 g/mol. The molecule has 102 valence electrons. The summed E-state index contributed by atoms with van der Waals surface area (Å²) in [5.41, 5.74) is 1.09. The van der Waals surface area contributed by atoms with Crippen LogP contribution < -0.4 is 10.6 Å². The summed E-state index contributed by atoms with van der Waals surface area (Å²) in [5.74, 6) is 2.66. The lowest BCUT2D eigenvalue weighted by molar-refractivity contribution is 0.356. The van der Waals surface area contributed by atoms with Gasteiger partial charge in [-0.3, -0.25) is 0 Å². The first kappa shape index (κ1) is 13.1. The number of thioether (sulfide) groups is 1. The third-order valence-corrected chi connectivity index (χ3v) is 4.57. The van der Waals surface area contributed by atoms with Crippen LogP contribution >= 0.6 is 11.8 Å². The average Bonchev–Trinajstić information content (AvgIpc) is 2.48. The van der Waals surface area contributed by atoms with Gasteiger partial charge in [-0.25, -0.2) is 9.98 Å². The van der Waals surface area contributed by atoms with E-state index >= 15 is 0 Å². The van der Waals surface area contributed by atoms with Gasteiger partial charge in [0, 0.05) is 18.5 Å². The number of hydrogen-bond donors (Lipinski definition) is 2. The molecule has 2 N–H and O–H groups in total. The Kier molecular flexibility index (Phi) is 4.48. The standard InChI is InChI=1S/C14H20N4S/c1-2-13-14(17-7-8-19-13)18-12(1)10-16-9-11-3-5-15-6-4-11/h1-2,7,11,15-16H,3-6,8-10H2. The number of hydrogen-bond acceptors (Lipinski definition) is 5. The first-order chi connectivity index (χ1) is 9.42. The van der Waals surface area contributed by atoms with Gasteiger partial charge in [-0.15, -0.1) is 11.8 Å². The molecular formula is C14H20N4S. The van der Waals surface area contributed by atoms with Crippen LogP contribution in [0, 0.1) is 5.92 Å². The maximum absolute atomic E-state index is 4.60. The maximum atomic E-state index is 4.60. The van der Waals surface area contributed by atoms with Crippen LogP contribution in [0.3, 0.4) is 0 Å². The molecule has 5 heteroatoms. The summed E-state index contributed by atoms with van der Waals surface area (Å²) in [6.45, 7) is 4.26. The number of nitrogens with one attached hydrogen (secondary N) is 2. The molecule has 0 aromatic carbocycles. The van der Waals surface area contributed by atoms with E-state index < -0.39 is 0 Å². The van der Waals surface area contributed by atoms with E-state index in [9.17, 15) is 0 Å². The molecule has 1 aromatic heterocycles. The van der Waals surface area contributed by atoms with E-state index in [1.54, 1.807) is 11.8 Å². The SMILES string of the molecule is C1=Nc2nc(CNCC3CCNCC3)ccc2SC1. The number of fused-ring (bicyclic) bond motifs is 1. The minimum atomic E-state index is 0.812. The summed E-state index contributed by atoms with van der Waals surface area (Å²) in [4.78, 5) is 10.2. The molecule has 1 saturated heterocycles. The maximum Gasteiger partial charge on any atom is 0.165 e. The number of piperidine rings is 1. The van der Waals surface area contributed by atoms with E-state index in [-0.39, 0.29) is 0 Å². The molecule has 1 aromatic rings. The van der Waals surface area contributed by atoms with Gasteiger partial charge in [0.15, 0.2) is 5.82 Å². The lowest BCUT2D eigenvalue weighted by Crippen LogP contribution is -2.33. The molecule has 1 fully saturated rings. The van der Waals surface area contributed by atoms with Crippen molar-refractivity contribution < 1.29 is 0 Å². The number of pyridine rings is 1. The second-order valence-electron chi connectivity index (χ2n) is 5.07. The molecule has 2 aliphatic heterocycles. The first-order valence-corrected chi connectivity index (χ1v) is 7.97. The van der Waals surface area contributed by atoms with Crippen LogP contribution in [0.15, 0.2) is 22.0 Å². The van der Waals surface area contributed by atoms with Gasteiger partial charge in [0.05, 0.1) is 10.6 Å². The zero-order valence-electron chi connectivity index (χ0n) is 11.1. The normalized spacial score (nSPS) is 19.4. The molecule has 0 amide bonds. The molecule has 3 rings (SSSR count). The Morgan fingerprint density at radius 3 is 3.11 bits per heavy atom. The van der Waals surface area contributed by atoms with Gasteiger partial charge in [0.25, 0.3) is 0 Å². The fourth-order valence-electron chi connectivity index (χ4n) is 2.52. The highest BCUT2D eigenvalue weighted by Crippen LogP contribution is 2.30. The number of rotatable bonds is 4. The van der Waals surface area contributed by atoms with Crippen molar-refractivity contribution in [2.45, 2.75) is 24.3 Å². The third-order valence-electron chi connectivity index (χ3n) is 3.62. The summed E-state index contributed by atoms with van der Waals surface area (Å²) in [7, 11) is 0. The highest BCUT2D eigenvalue weighted by Gasteiger charge is 2.13. The van der Waals surface area contributed by atoms with Crippen LogP contribution in [0.2, 0.25) is 0 Å².